The summed E-state index contributed by atoms with van der Waals surface area (Å²) in [5, 5.41) is 2.75. The number of rotatable bonds is 10. The maximum atomic E-state index is 12.7. The van der Waals surface area contributed by atoms with E-state index in [9.17, 15) is 14.4 Å². The van der Waals surface area contributed by atoms with Crippen LogP contribution in [0, 0.1) is 12.8 Å². The average Bonchev–Trinajstić information content (AvgIpc) is 2.80. The summed E-state index contributed by atoms with van der Waals surface area (Å²) in [6.07, 6.45) is 1.92. The summed E-state index contributed by atoms with van der Waals surface area (Å²) in [6.45, 7) is 8.08. The summed E-state index contributed by atoms with van der Waals surface area (Å²) >= 11 is 0. The highest BCUT2D eigenvalue weighted by atomic mass is 16.5. The molecule has 2 aromatic rings. The lowest BCUT2D eigenvalue weighted by Gasteiger charge is -2.22. The zero-order valence-electron chi connectivity index (χ0n) is 19.9. The average molecular weight is 456 g/mol. The van der Waals surface area contributed by atoms with Gasteiger partial charge in [-0.3, -0.25) is 25.2 Å². The van der Waals surface area contributed by atoms with Crippen molar-refractivity contribution in [1.82, 2.24) is 16.2 Å². The van der Waals surface area contributed by atoms with Gasteiger partial charge in [-0.1, -0.05) is 45.4 Å². The number of carbonyl (C=O) groups is 3. The molecule has 0 fully saturated rings. The number of unbranched alkanes of at least 4 members (excludes halogenated alkanes) is 1. The van der Waals surface area contributed by atoms with E-state index >= 15 is 0 Å². The third-order valence-corrected chi connectivity index (χ3v) is 5.11. The van der Waals surface area contributed by atoms with Crippen molar-refractivity contribution in [2.75, 3.05) is 13.7 Å². The Morgan fingerprint density at radius 1 is 0.970 bits per heavy atom. The number of carbonyl (C=O) groups excluding carboxylic acids is 3. The van der Waals surface area contributed by atoms with E-state index in [2.05, 4.69) is 23.1 Å². The molecule has 33 heavy (non-hydrogen) atoms. The largest absolute Gasteiger partial charge is 0.493 e. The molecule has 8 heteroatoms. The Morgan fingerprint density at radius 3 is 2.33 bits per heavy atom. The van der Waals surface area contributed by atoms with Gasteiger partial charge in [0.25, 0.3) is 17.7 Å². The molecule has 0 bridgehead atoms. The van der Waals surface area contributed by atoms with Crippen LogP contribution in [0.2, 0.25) is 0 Å². The van der Waals surface area contributed by atoms with Crippen molar-refractivity contribution in [2.24, 2.45) is 5.92 Å². The molecule has 3 N–H and O–H groups in total. The van der Waals surface area contributed by atoms with Crippen LogP contribution in [0.15, 0.2) is 42.5 Å². The van der Waals surface area contributed by atoms with E-state index in [1.165, 1.54) is 7.11 Å². The van der Waals surface area contributed by atoms with Crippen molar-refractivity contribution < 1.29 is 23.9 Å². The minimum Gasteiger partial charge on any atom is -0.493 e. The maximum Gasteiger partial charge on any atom is 0.269 e. The highest BCUT2D eigenvalue weighted by Gasteiger charge is 2.25. The van der Waals surface area contributed by atoms with Crippen LogP contribution in [0.3, 0.4) is 0 Å². The van der Waals surface area contributed by atoms with E-state index in [1.807, 2.05) is 32.9 Å². The highest BCUT2D eigenvalue weighted by molar-refractivity contribution is 6.00. The molecule has 0 aromatic heterocycles. The summed E-state index contributed by atoms with van der Waals surface area (Å²) in [6, 6.07) is 11.1. The number of hydrazine groups is 1. The van der Waals surface area contributed by atoms with Gasteiger partial charge in [0.05, 0.1) is 13.7 Å². The van der Waals surface area contributed by atoms with Gasteiger partial charge in [-0.15, -0.1) is 0 Å². The van der Waals surface area contributed by atoms with Crippen LogP contribution < -0.4 is 25.6 Å². The van der Waals surface area contributed by atoms with Gasteiger partial charge < -0.3 is 14.8 Å². The van der Waals surface area contributed by atoms with E-state index in [1.54, 1.807) is 30.3 Å². The van der Waals surface area contributed by atoms with E-state index < -0.39 is 17.9 Å². The Labute approximate surface area is 195 Å². The first-order valence-corrected chi connectivity index (χ1v) is 11.1. The number of aryl methyl sites for hydroxylation is 1. The van der Waals surface area contributed by atoms with E-state index in [-0.39, 0.29) is 11.8 Å². The van der Waals surface area contributed by atoms with Gasteiger partial charge in [-0.05, 0) is 49.1 Å². The Hall–Kier alpha value is -3.55. The predicted octanol–water partition coefficient (Wildman–Crippen LogP) is 3.40. The SMILES string of the molecule is CCCCOc1ccc(C(=O)NNC(=O)[C@@H](NC(=O)c2ccccc2C)C(C)C)cc1OC. The van der Waals surface area contributed by atoms with Crippen molar-refractivity contribution in [1.29, 1.82) is 0 Å². The van der Waals surface area contributed by atoms with E-state index in [0.717, 1.165) is 18.4 Å². The molecule has 0 saturated carbocycles. The van der Waals surface area contributed by atoms with Crippen LogP contribution in [-0.2, 0) is 4.79 Å². The Balaban J connectivity index is 2.01. The fourth-order valence-electron chi connectivity index (χ4n) is 3.10. The molecule has 0 saturated heterocycles. The van der Waals surface area contributed by atoms with Crippen LogP contribution in [0.5, 0.6) is 11.5 Å². The molecule has 178 valence electrons. The first kappa shape index (κ1) is 25.7. The van der Waals surface area contributed by atoms with Crippen molar-refractivity contribution in [3.63, 3.8) is 0 Å². The van der Waals surface area contributed by atoms with Crippen molar-refractivity contribution in [3.05, 3.63) is 59.2 Å². The molecule has 0 aliphatic heterocycles. The van der Waals surface area contributed by atoms with Gasteiger partial charge in [0, 0.05) is 11.1 Å². The summed E-state index contributed by atoms with van der Waals surface area (Å²) in [5.41, 5.74) is 6.39. The van der Waals surface area contributed by atoms with Crippen LogP contribution in [0.25, 0.3) is 0 Å². The van der Waals surface area contributed by atoms with E-state index in [0.29, 0.717) is 29.2 Å². The molecule has 0 heterocycles. The molecule has 0 radical (unpaired) electrons. The zero-order valence-corrected chi connectivity index (χ0v) is 19.9. The number of benzene rings is 2. The lowest BCUT2D eigenvalue weighted by Crippen LogP contribution is -2.54. The summed E-state index contributed by atoms with van der Waals surface area (Å²) < 4.78 is 11.0. The molecule has 2 rings (SSSR count). The third-order valence-electron chi connectivity index (χ3n) is 5.11. The van der Waals surface area contributed by atoms with Crippen molar-refractivity contribution in [3.8, 4) is 11.5 Å². The number of nitrogens with one attached hydrogen (secondary N) is 3. The van der Waals surface area contributed by atoms with Crippen molar-refractivity contribution >= 4 is 17.7 Å². The minimum atomic E-state index is -0.832. The molecular weight excluding hydrogens is 422 g/mol. The van der Waals surface area contributed by atoms with Gasteiger partial charge >= 0.3 is 0 Å². The van der Waals surface area contributed by atoms with Crippen molar-refractivity contribution in [2.45, 2.75) is 46.6 Å². The lowest BCUT2D eigenvalue weighted by molar-refractivity contribution is -0.124. The fraction of sp³-hybridized carbons (Fsp3) is 0.400. The Kier molecular flexibility index (Phi) is 9.72. The number of methoxy groups -OCH3 is 1. The van der Waals surface area contributed by atoms with Crippen LogP contribution >= 0.6 is 0 Å². The van der Waals surface area contributed by atoms with E-state index in [4.69, 9.17) is 9.47 Å². The third kappa shape index (κ3) is 7.24. The molecule has 0 spiro atoms. The number of ether oxygens (including phenoxy) is 2. The first-order chi connectivity index (χ1) is 15.8. The maximum absolute atomic E-state index is 12.7. The Bertz CT molecular complexity index is 974. The predicted molar refractivity (Wildman–Crippen MR) is 126 cm³/mol. The smallest absolute Gasteiger partial charge is 0.269 e. The quantitative estimate of drug-likeness (QED) is 0.376. The first-order valence-electron chi connectivity index (χ1n) is 11.1. The summed E-state index contributed by atoms with van der Waals surface area (Å²) in [7, 11) is 1.50. The standard InChI is InChI=1S/C25H33N3O5/c1-6-7-14-33-20-13-12-18(15-21(20)32-5)23(29)27-28-25(31)22(16(2)3)26-24(30)19-11-9-8-10-17(19)4/h8-13,15-16,22H,6-7,14H2,1-5H3,(H,26,30)(H,27,29)(H,28,31)/t22-/m0/s1. The topological polar surface area (TPSA) is 106 Å². The van der Waals surface area contributed by atoms with Crippen LogP contribution in [0.4, 0.5) is 0 Å². The van der Waals surface area contributed by atoms with Gasteiger partial charge in [0.15, 0.2) is 11.5 Å². The second kappa shape index (κ2) is 12.5. The molecule has 0 aliphatic carbocycles. The van der Waals surface area contributed by atoms with Gasteiger partial charge in [-0.25, -0.2) is 0 Å². The molecular formula is C25H33N3O5. The summed E-state index contributed by atoms with van der Waals surface area (Å²) in [5.74, 6) is -0.617. The molecule has 1 atom stereocenters. The summed E-state index contributed by atoms with van der Waals surface area (Å²) in [4.78, 5) is 37.9. The molecule has 0 unspecified atom stereocenters. The number of amides is 3. The molecule has 3 amide bonds. The minimum absolute atomic E-state index is 0.200. The van der Waals surface area contributed by atoms with Crippen LogP contribution in [-0.4, -0.2) is 37.5 Å². The lowest BCUT2D eigenvalue weighted by atomic mass is 10.0. The molecule has 2 aromatic carbocycles. The van der Waals surface area contributed by atoms with Gasteiger partial charge in [0.1, 0.15) is 6.04 Å². The molecule has 0 aliphatic rings. The van der Waals surface area contributed by atoms with Gasteiger partial charge in [-0.2, -0.15) is 0 Å². The number of hydrogen-bond donors (Lipinski definition) is 3. The Morgan fingerprint density at radius 2 is 1.70 bits per heavy atom. The fourth-order valence-corrected chi connectivity index (χ4v) is 3.10. The second-order valence-electron chi connectivity index (χ2n) is 8.02. The zero-order chi connectivity index (χ0) is 24.4. The van der Waals surface area contributed by atoms with Crippen LogP contribution in [0.1, 0.15) is 59.9 Å². The normalized spacial score (nSPS) is 11.5. The molecule has 8 nitrogen and oxygen atoms in total. The monoisotopic (exact) mass is 455 g/mol. The second-order valence-corrected chi connectivity index (χ2v) is 8.02. The number of hydrogen-bond acceptors (Lipinski definition) is 5. The highest BCUT2D eigenvalue weighted by Crippen LogP contribution is 2.28. The van der Waals surface area contributed by atoms with Gasteiger partial charge in [0.2, 0.25) is 0 Å².